The monoisotopic (exact) mass is 349 g/mol. The van der Waals surface area contributed by atoms with Crippen LogP contribution in [0.5, 0.6) is 0 Å². The fraction of sp³-hybridized carbons (Fsp3) is 0.650. The maximum Gasteiger partial charge on any atom is 0.323 e. The van der Waals surface area contributed by atoms with E-state index in [1.165, 1.54) is 38.5 Å². The molecular formula is C20H28ClNO2. The van der Waals surface area contributed by atoms with E-state index in [1.807, 2.05) is 30.3 Å². The van der Waals surface area contributed by atoms with Crippen molar-refractivity contribution in [2.24, 2.45) is 28.9 Å². The van der Waals surface area contributed by atoms with E-state index in [2.05, 4.69) is 0 Å². The first-order chi connectivity index (χ1) is 11.1. The summed E-state index contributed by atoms with van der Waals surface area (Å²) in [6.07, 6.45) is 8.60. The molecule has 2 N–H and O–H groups in total. The van der Waals surface area contributed by atoms with E-state index in [1.54, 1.807) is 0 Å². The first-order valence-electron chi connectivity index (χ1n) is 9.08. The smallest absolute Gasteiger partial charge is 0.323 e. The summed E-state index contributed by atoms with van der Waals surface area (Å²) in [4.78, 5) is 12.3. The number of ether oxygens (including phenoxy) is 1. The number of esters is 1. The van der Waals surface area contributed by atoms with Gasteiger partial charge in [0.2, 0.25) is 0 Å². The third-order valence-corrected chi connectivity index (χ3v) is 6.29. The quantitative estimate of drug-likeness (QED) is 0.824. The zero-order valence-corrected chi connectivity index (χ0v) is 15.0. The van der Waals surface area contributed by atoms with E-state index in [-0.39, 0.29) is 23.8 Å². The number of hydrogen-bond donors (Lipinski definition) is 1. The Hall–Kier alpha value is -1.06. The zero-order chi connectivity index (χ0) is 15.9. The lowest BCUT2D eigenvalue weighted by atomic mass is 9.50. The van der Waals surface area contributed by atoms with Crippen molar-refractivity contribution in [2.45, 2.75) is 51.0 Å². The standard InChI is InChI=1S/C20H27NO2.ClH/c21-18(9-14-4-2-1-3-5-14)19(22)23-13-20-10-15-6-16(11-20)8-17(7-15)12-20;/h1-5,15-18H,6-13,21H2;1H/t15?,16?,17?,18-,20?;/m0./s1. The predicted molar refractivity (Wildman–Crippen MR) is 96.9 cm³/mol. The van der Waals surface area contributed by atoms with Gasteiger partial charge in [0, 0.05) is 5.41 Å². The molecule has 4 fully saturated rings. The van der Waals surface area contributed by atoms with E-state index in [4.69, 9.17) is 10.5 Å². The molecule has 0 saturated heterocycles. The molecule has 0 unspecified atom stereocenters. The molecule has 24 heavy (non-hydrogen) atoms. The molecule has 0 radical (unpaired) electrons. The molecule has 0 amide bonds. The second kappa shape index (κ2) is 7.05. The van der Waals surface area contributed by atoms with Gasteiger partial charge in [-0.15, -0.1) is 12.4 Å². The molecule has 0 aromatic heterocycles. The highest BCUT2D eigenvalue weighted by Gasteiger charge is 2.51. The molecule has 132 valence electrons. The van der Waals surface area contributed by atoms with Crippen LogP contribution in [-0.4, -0.2) is 18.6 Å². The summed E-state index contributed by atoms with van der Waals surface area (Å²) in [5.41, 5.74) is 7.42. The third-order valence-electron chi connectivity index (χ3n) is 6.29. The Labute approximate surface area is 150 Å². The van der Waals surface area contributed by atoms with Gasteiger partial charge >= 0.3 is 5.97 Å². The molecule has 1 aromatic carbocycles. The molecule has 3 nitrogen and oxygen atoms in total. The first-order valence-corrected chi connectivity index (χ1v) is 9.08. The lowest BCUT2D eigenvalue weighted by Gasteiger charge is -2.56. The van der Waals surface area contributed by atoms with Gasteiger partial charge in [0.05, 0.1) is 6.61 Å². The van der Waals surface area contributed by atoms with Gasteiger partial charge in [-0.2, -0.15) is 0 Å². The summed E-state index contributed by atoms with van der Waals surface area (Å²) in [7, 11) is 0. The van der Waals surface area contributed by atoms with E-state index in [9.17, 15) is 4.79 Å². The number of halogens is 1. The molecule has 0 heterocycles. The first kappa shape index (κ1) is 17.8. The maximum absolute atomic E-state index is 12.3. The maximum atomic E-state index is 12.3. The number of carbonyl (C=O) groups is 1. The Kier molecular flexibility index (Phi) is 5.22. The topological polar surface area (TPSA) is 52.3 Å². The number of hydrogen-bond acceptors (Lipinski definition) is 3. The molecule has 4 aliphatic carbocycles. The molecule has 0 aliphatic heterocycles. The SMILES string of the molecule is Cl.N[C@@H](Cc1ccccc1)C(=O)OCC12CC3CC(CC(C3)C1)C2. The average Bonchev–Trinajstić information content (AvgIpc) is 2.52. The van der Waals surface area contributed by atoms with Crippen molar-refractivity contribution in [3.8, 4) is 0 Å². The summed E-state index contributed by atoms with van der Waals surface area (Å²) in [6, 6.07) is 9.39. The number of nitrogens with two attached hydrogens (primary N) is 1. The van der Waals surface area contributed by atoms with Crippen LogP contribution >= 0.6 is 12.4 Å². The lowest BCUT2D eigenvalue weighted by Crippen LogP contribution is -2.49. The molecule has 5 rings (SSSR count). The molecular weight excluding hydrogens is 322 g/mol. The largest absolute Gasteiger partial charge is 0.464 e. The Morgan fingerprint density at radius 1 is 1.08 bits per heavy atom. The van der Waals surface area contributed by atoms with Crippen LogP contribution in [0, 0.1) is 23.2 Å². The van der Waals surface area contributed by atoms with Crippen LogP contribution in [0.3, 0.4) is 0 Å². The van der Waals surface area contributed by atoms with Crippen molar-refractivity contribution in [1.29, 1.82) is 0 Å². The van der Waals surface area contributed by atoms with Gasteiger partial charge in [-0.1, -0.05) is 30.3 Å². The fourth-order valence-electron chi connectivity index (χ4n) is 5.75. The zero-order valence-electron chi connectivity index (χ0n) is 14.2. The van der Waals surface area contributed by atoms with Crippen LogP contribution in [-0.2, 0) is 16.0 Å². The van der Waals surface area contributed by atoms with Crippen LogP contribution in [0.2, 0.25) is 0 Å². The summed E-state index contributed by atoms with van der Waals surface area (Å²) in [5.74, 6) is 2.43. The van der Waals surface area contributed by atoms with E-state index in [0.717, 1.165) is 23.3 Å². The molecule has 4 heteroatoms. The van der Waals surface area contributed by atoms with Crippen molar-refractivity contribution >= 4 is 18.4 Å². The highest BCUT2D eigenvalue weighted by molar-refractivity contribution is 5.85. The van der Waals surface area contributed by atoms with Crippen molar-refractivity contribution in [1.82, 2.24) is 0 Å². The average molecular weight is 350 g/mol. The fourth-order valence-corrected chi connectivity index (χ4v) is 5.75. The summed E-state index contributed by atoms with van der Waals surface area (Å²) < 4.78 is 5.70. The van der Waals surface area contributed by atoms with Crippen molar-refractivity contribution in [3.05, 3.63) is 35.9 Å². The van der Waals surface area contributed by atoms with Gasteiger partial charge in [0.15, 0.2) is 0 Å². The third kappa shape index (κ3) is 3.62. The van der Waals surface area contributed by atoms with Crippen LogP contribution < -0.4 is 5.73 Å². The second-order valence-electron chi connectivity index (χ2n) is 8.32. The normalized spacial score (nSPS) is 34.5. The minimum absolute atomic E-state index is 0. The van der Waals surface area contributed by atoms with Crippen LogP contribution in [0.15, 0.2) is 30.3 Å². The number of carbonyl (C=O) groups excluding carboxylic acids is 1. The summed E-state index contributed by atoms with van der Waals surface area (Å²) >= 11 is 0. The van der Waals surface area contributed by atoms with Gasteiger partial charge in [-0.05, 0) is 68.3 Å². The van der Waals surface area contributed by atoms with Crippen molar-refractivity contribution in [3.63, 3.8) is 0 Å². The van der Waals surface area contributed by atoms with Gasteiger partial charge in [-0.3, -0.25) is 4.79 Å². The summed E-state index contributed by atoms with van der Waals surface area (Å²) in [5, 5.41) is 0. The highest BCUT2D eigenvalue weighted by Crippen LogP contribution is 2.60. The second-order valence-corrected chi connectivity index (χ2v) is 8.32. The Morgan fingerprint density at radius 3 is 2.17 bits per heavy atom. The van der Waals surface area contributed by atoms with E-state index < -0.39 is 6.04 Å². The van der Waals surface area contributed by atoms with Crippen LogP contribution in [0.25, 0.3) is 0 Å². The van der Waals surface area contributed by atoms with E-state index in [0.29, 0.717) is 13.0 Å². The number of rotatable bonds is 5. The van der Waals surface area contributed by atoms with Crippen LogP contribution in [0.1, 0.15) is 44.1 Å². The Balaban J connectivity index is 0.00000169. The van der Waals surface area contributed by atoms with Crippen molar-refractivity contribution < 1.29 is 9.53 Å². The molecule has 1 atom stereocenters. The number of benzene rings is 1. The molecule has 4 saturated carbocycles. The van der Waals surface area contributed by atoms with Gasteiger partial charge in [0.25, 0.3) is 0 Å². The van der Waals surface area contributed by atoms with Crippen LogP contribution in [0.4, 0.5) is 0 Å². The highest BCUT2D eigenvalue weighted by atomic mass is 35.5. The molecule has 1 aromatic rings. The predicted octanol–water partition coefficient (Wildman–Crippen LogP) is 3.74. The molecule has 4 aliphatic rings. The molecule has 4 bridgehead atoms. The molecule has 0 spiro atoms. The Morgan fingerprint density at radius 2 is 1.62 bits per heavy atom. The van der Waals surface area contributed by atoms with Crippen molar-refractivity contribution in [2.75, 3.05) is 6.61 Å². The summed E-state index contributed by atoms with van der Waals surface area (Å²) in [6.45, 7) is 0.595. The lowest BCUT2D eigenvalue weighted by molar-refractivity contribution is -0.156. The van der Waals surface area contributed by atoms with Gasteiger partial charge in [0.1, 0.15) is 6.04 Å². The minimum atomic E-state index is -0.550. The van der Waals surface area contributed by atoms with Gasteiger partial charge < -0.3 is 10.5 Å². The van der Waals surface area contributed by atoms with E-state index >= 15 is 0 Å². The Bertz CT molecular complexity index is 539. The minimum Gasteiger partial charge on any atom is -0.464 e. The van der Waals surface area contributed by atoms with Gasteiger partial charge in [-0.25, -0.2) is 0 Å².